The van der Waals surface area contributed by atoms with E-state index in [2.05, 4.69) is 10.6 Å². The molecule has 36 heavy (non-hydrogen) atoms. The normalized spacial score (nSPS) is 11.5. The van der Waals surface area contributed by atoms with Gasteiger partial charge in [-0.25, -0.2) is 9.59 Å². The standard InChI is InChI=1S/C27H24N2O6S/c1-2-35-27(34)19-11-13-20(14-12-19)29-26(33)25(18-7-4-3-5-8-18)36-22-10-6-9-21(17-22)28-23(30)15-16-24(31)32/h3-17,25H,2H2,1H3,(H,28,30)(H,29,33)(H,31,32)/b16-15+. The summed E-state index contributed by atoms with van der Waals surface area (Å²) in [6.45, 7) is 2.01. The minimum Gasteiger partial charge on any atom is -0.478 e. The van der Waals surface area contributed by atoms with E-state index in [0.29, 0.717) is 16.9 Å². The van der Waals surface area contributed by atoms with Crippen molar-refractivity contribution in [1.29, 1.82) is 0 Å². The molecule has 0 aromatic heterocycles. The van der Waals surface area contributed by atoms with Crippen molar-refractivity contribution in [3.8, 4) is 0 Å². The predicted octanol–water partition coefficient (Wildman–Crippen LogP) is 4.91. The molecule has 1 atom stereocenters. The van der Waals surface area contributed by atoms with Crippen LogP contribution in [0.4, 0.5) is 11.4 Å². The Hall–Kier alpha value is -4.37. The Kier molecular flexibility index (Phi) is 9.41. The van der Waals surface area contributed by atoms with E-state index in [1.54, 1.807) is 49.4 Å². The maximum atomic E-state index is 13.3. The van der Waals surface area contributed by atoms with Crippen LogP contribution in [0.3, 0.4) is 0 Å². The third-order valence-corrected chi connectivity index (χ3v) is 5.98. The van der Waals surface area contributed by atoms with Gasteiger partial charge < -0.3 is 20.5 Å². The van der Waals surface area contributed by atoms with Crippen LogP contribution in [0.5, 0.6) is 0 Å². The van der Waals surface area contributed by atoms with E-state index in [0.717, 1.165) is 22.6 Å². The summed E-state index contributed by atoms with van der Waals surface area (Å²) in [5.74, 6) is -2.50. The fourth-order valence-electron chi connectivity index (χ4n) is 3.13. The van der Waals surface area contributed by atoms with Crippen molar-refractivity contribution in [2.45, 2.75) is 17.1 Å². The van der Waals surface area contributed by atoms with Gasteiger partial charge in [-0.15, -0.1) is 11.8 Å². The van der Waals surface area contributed by atoms with Crippen LogP contribution in [-0.4, -0.2) is 35.5 Å². The van der Waals surface area contributed by atoms with Gasteiger partial charge in [-0.1, -0.05) is 36.4 Å². The van der Waals surface area contributed by atoms with Crippen molar-refractivity contribution in [2.75, 3.05) is 17.2 Å². The minimum atomic E-state index is -1.22. The van der Waals surface area contributed by atoms with Crippen molar-refractivity contribution in [3.63, 3.8) is 0 Å². The zero-order chi connectivity index (χ0) is 25.9. The van der Waals surface area contributed by atoms with E-state index in [1.165, 1.54) is 11.8 Å². The third-order valence-electron chi connectivity index (χ3n) is 4.74. The molecule has 0 aliphatic rings. The zero-order valence-corrected chi connectivity index (χ0v) is 20.2. The summed E-state index contributed by atoms with van der Waals surface area (Å²) in [6.07, 6.45) is 1.68. The number of carbonyl (C=O) groups is 4. The number of thioether (sulfide) groups is 1. The molecule has 0 spiro atoms. The number of ether oxygens (including phenoxy) is 1. The number of esters is 1. The third kappa shape index (κ3) is 7.85. The van der Waals surface area contributed by atoms with Crippen molar-refractivity contribution < 1.29 is 29.0 Å². The lowest BCUT2D eigenvalue weighted by molar-refractivity contribution is -0.131. The monoisotopic (exact) mass is 504 g/mol. The van der Waals surface area contributed by atoms with Gasteiger partial charge in [-0.2, -0.15) is 0 Å². The molecule has 8 nitrogen and oxygen atoms in total. The van der Waals surface area contributed by atoms with Gasteiger partial charge >= 0.3 is 11.9 Å². The van der Waals surface area contributed by atoms with Crippen molar-refractivity contribution in [2.24, 2.45) is 0 Å². The zero-order valence-electron chi connectivity index (χ0n) is 19.3. The lowest BCUT2D eigenvalue weighted by Crippen LogP contribution is -2.19. The minimum absolute atomic E-state index is 0.270. The highest BCUT2D eigenvalue weighted by atomic mass is 32.2. The van der Waals surface area contributed by atoms with Gasteiger partial charge in [-0.05, 0) is 55.0 Å². The molecule has 3 N–H and O–H groups in total. The predicted molar refractivity (Wildman–Crippen MR) is 138 cm³/mol. The first kappa shape index (κ1) is 26.2. The number of amides is 2. The first-order valence-electron chi connectivity index (χ1n) is 11.0. The first-order valence-corrected chi connectivity index (χ1v) is 11.9. The van der Waals surface area contributed by atoms with Gasteiger partial charge in [0, 0.05) is 28.4 Å². The van der Waals surface area contributed by atoms with Crippen LogP contribution in [0.2, 0.25) is 0 Å². The average molecular weight is 505 g/mol. The fraction of sp³-hybridized carbons (Fsp3) is 0.111. The highest BCUT2D eigenvalue weighted by Crippen LogP contribution is 2.37. The lowest BCUT2D eigenvalue weighted by atomic mass is 10.1. The molecule has 3 aromatic carbocycles. The summed E-state index contributed by atoms with van der Waals surface area (Å²) in [6, 6.07) is 22.6. The van der Waals surface area contributed by atoms with E-state index in [9.17, 15) is 19.2 Å². The first-order chi connectivity index (χ1) is 17.4. The number of carboxylic acid groups (broad SMARTS) is 1. The van der Waals surface area contributed by atoms with Crippen LogP contribution in [0.25, 0.3) is 0 Å². The van der Waals surface area contributed by atoms with Crippen LogP contribution >= 0.6 is 11.8 Å². The van der Waals surface area contributed by atoms with Gasteiger partial charge in [0.05, 0.1) is 12.2 Å². The number of nitrogens with one attached hydrogen (secondary N) is 2. The largest absolute Gasteiger partial charge is 0.478 e. The Bertz CT molecular complexity index is 1260. The Labute approximate surface area is 212 Å². The number of hydrogen-bond donors (Lipinski definition) is 3. The maximum Gasteiger partial charge on any atom is 0.338 e. The van der Waals surface area contributed by atoms with Crippen molar-refractivity contribution >= 4 is 46.9 Å². The summed E-state index contributed by atoms with van der Waals surface area (Å²) in [5.41, 5.74) is 2.16. The highest BCUT2D eigenvalue weighted by molar-refractivity contribution is 8.00. The number of aliphatic carboxylic acids is 1. The van der Waals surface area contributed by atoms with Crippen LogP contribution in [0.1, 0.15) is 28.1 Å². The molecule has 1 unspecified atom stereocenters. The molecular weight excluding hydrogens is 480 g/mol. The molecule has 9 heteroatoms. The van der Waals surface area contributed by atoms with Crippen LogP contribution in [0, 0.1) is 0 Å². The van der Waals surface area contributed by atoms with Gasteiger partial charge in [-0.3, -0.25) is 9.59 Å². The highest BCUT2D eigenvalue weighted by Gasteiger charge is 2.22. The number of benzene rings is 3. The van der Waals surface area contributed by atoms with Gasteiger partial charge in [0.25, 0.3) is 0 Å². The van der Waals surface area contributed by atoms with Gasteiger partial charge in [0.2, 0.25) is 11.8 Å². The molecule has 0 bridgehead atoms. The van der Waals surface area contributed by atoms with Crippen LogP contribution < -0.4 is 10.6 Å². The van der Waals surface area contributed by atoms with E-state index in [1.807, 2.05) is 36.4 Å². The molecule has 0 fully saturated rings. The molecule has 3 rings (SSSR count). The Morgan fingerprint density at radius 3 is 2.28 bits per heavy atom. The molecule has 2 amide bonds. The van der Waals surface area contributed by atoms with Gasteiger partial charge in [0.15, 0.2) is 0 Å². The van der Waals surface area contributed by atoms with Crippen molar-refractivity contribution in [1.82, 2.24) is 0 Å². The summed E-state index contributed by atoms with van der Waals surface area (Å²) < 4.78 is 4.98. The summed E-state index contributed by atoms with van der Waals surface area (Å²) in [5, 5.41) is 13.5. The fourth-order valence-corrected chi connectivity index (χ4v) is 4.21. The topological polar surface area (TPSA) is 122 Å². The van der Waals surface area contributed by atoms with Gasteiger partial charge in [0.1, 0.15) is 5.25 Å². The van der Waals surface area contributed by atoms with E-state index in [4.69, 9.17) is 9.84 Å². The SMILES string of the molecule is CCOC(=O)c1ccc(NC(=O)C(Sc2cccc(NC(=O)/C=C/C(=O)O)c2)c2ccccc2)cc1. The quantitative estimate of drug-likeness (QED) is 0.204. The Morgan fingerprint density at radius 1 is 0.889 bits per heavy atom. The maximum absolute atomic E-state index is 13.3. The Morgan fingerprint density at radius 2 is 1.61 bits per heavy atom. The molecule has 0 saturated heterocycles. The van der Waals surface area contributed by atoms with Crippen molar-refractivity contribution in [3.05, 3.63) is 102 Å². The smallest absolute Gasteiger partial charge is 0.338 e. The molecule has 0 radical (unpaired) electrons. The molecule has 0 heterocycles. The summed E-state index contributed by atoms with van der Waals surface area (Å²) in [4.78, 5) is 48.4. The molecule has 184 valence electrons. The summed E-state index contributed by atoms with van der Waals surface area (Å²) in [7, 11) is 0. The van der Waals surface area contributed by atoms with E-state index < -0.39 is 23.1 Å². The molecule has 0 saturated carbocycles. The second kappa shape index (κ2) is 12.9. The second-order valence-electron chi connectivity index (χ2n) is 7.38. The van der Waals surface area contributed by atoms with Crippen LogP contribution in [-0.2, 0) is 19.1 Å². The van der Waals surface area contributed by atoms with E-state index in [-0.39, 0.29) is 12.5 Å². The average Bonchev–Trinajstić information content (AvgIpc) is 2.87. The number of carboxylic acids is 1. The molecule has 3 aromatic rings. The summed E-state index contributed by atoms with van der Waals surface area (Å²) >= 11 is 1.29. The number of rotatable bonds is 10. The second-order valence-corrected chi connectivity index (χ2v) is 8.56. The van der Waals surface area contributed by atoms with Crippen LogP contribution in [0.15, 0.2) is 95.9 Å². The molecule has 0 aliphatic heterocycles. The number of anilines is 2. The molecule has 0 aliphatic carbocycles. The lowest BCUT2D eigenvalue weighted by Gasteiger charge is -2.18. The number of carbonyl (C=O) groups excluding carboxylic acids is 3. The Balaban J connectivity index is 1.77. The number of hydrogen-bond acceptors (Lipinski definition) is 6. The van der Waals surface area contributed by atoms with E-state index >= 15 is 0 Å². The molecular formula is C27H24N2O6S.